The fourth-order valence-corrected chi connectivity index (χ4v) is 2.92. The van der Waals surface area contributed by atoms with E-state index in [1.54, 1.807) is 24.3 Å². The lowest BCUT2D eigenvalue weighted by Gasteiger charge is -2.27. The summed E-state index contributed by atoms with van der Waals surface area (Å²) in [5.74, 6) is -0.254. The van der Waals surface area contributed by atoms with Gasteiger partial charge >= 0.3 is 0 Å². The van der Waals surface area contributed by atoms with Crippen LogP contribution >= 0.6 is 11.6 Å². The molecule has 0 saturated carbocycles. The van der Waals surface area contributed by atoms with Crippen molar-refractivity contribution in [1.29, 1.82) is 0 Å². The third kappa shape index (κ3) is 2.44. The van der Waals surface area contributed by atoms with E-state index in [4.69, 9.17) is 16.3 Å². The summed E-state index contributed by atoms with van der Waals surface area (Å²) in [5.41, 5.74) is 0.597. The van der Waals surface area contributed by atoms with Crippen LogP contribution in [0, 0.1) is 0 Å². The highest BCUT2D eigenvalue weighted by molar-refractivity contribution is 6.30. The van der Waals surface area contributed by atoms with Crippen LogP contribution in [0.3, 0.4) is 0 Å². The van der Waals surface area contributed by atoms with Crippen LogP contribution in [0.25, 0.3) is 0 Å². The summed E-state index contributed by atoms with van der Waals surface area (Å²) in [6, 6.07) is 6.50. The first-order chi connectivity index (χ1) is 9.66. The predicted molar refractivity (Wildman–Crippen MR) is 73.9 cm³/mol. The lowest BCUT2D eigenvalue weighted by Crippen LogP contribution is -3.18. The number of anilines is 1. The highest BCUT2D eigenvalue weighted by atomic mass is 35.5. The van der Waals surface area contributed by atoms with Crippen molar-refractivity contribution in [3.8, 4) is 0 Å². The van der Waals surface area contributed by atoms with Crippen molar-refractivity contribution in [2.45, 2.75) is 12.5 Å². The Balaban J connectivity index is 1.81. The van der Waals surface area contributed by atoms with E-state index in [-0.39, 0.29) is 24.3 Å². The van der Waals surface area contributed by atoms with Gasteiger partial charge in [0.2, 0.25) is 5.91 Å². The number of morpholine rings is 1. The lowest BCUT2D eigenvalue weighted by atomic mass is 10.2. The van der Waals surface area contributed by atoms with Crippen molar-refractivity contribution in [3.05, 3.63) is 29.3 Å². The second kappa shape index (κ2) is 5.52. The smallest absolute Gasteiger partial charge is 0.292 e. The Morgan fingerprint density at radius 2 is 1.80 bits per heavy atom. The van der Waals surface area contributed by atoms with Crippen LogP contribution in [-0.4, -0.2) is 44.2 Å². The van der Waals surface area contributed by atoms with Gasteiger partial charge in [-0.1, -0.05) is 11.6 Å². The second-order valence-electron chi connectivity index (χ2n) is 5.07. The molecule has 2 saturated heterocycles. The van der Waals surface area contributed by atoms with Crippen LogP contribution in [0.2, 0.25) is 5.02 Å². The third-order valence-electron chi connectivity index (χ3n) is 3.86. The maximum absolute atomic E-state index is 12.5. The van der Waals surface area contributed by atoms with E-state index in [1.807, 2.05) is 0 Å². The molecule has 0 bridgehead atoms. The van der Waals surface area contributed by atoms with Gasteiger partial charge in [-0.2, -0.15) is 0 Å². The van der Waals surface area contributed by atoms with Crippen molar-refractivity contribution >= 4 is 29.1 Å². The van der Waals surface area contributed by atoms with Gasteiger partial charge in [0.15, 0.2) is 6.04 Å². The molecule has 2 amide bonds. The normalized spacial score (nSPS) is 24.4. The molecule has 1 N–H and O–H groups in total. The molecule has 2 aliphatic rings. The van der Waals surface area contributed by atoms with Gasteiger partial charge in [-0.05, 0) is 24.3 Å². The van der Waals surface area contributed by atoms with E-state index in [0.717, 1.165) is 18.0 Å². The van der Waals surface area contributed by atoms with Crippen LogP contribution in [0.4, 0.5) is 5.69 Å². The number of rotatable bonds is 2. The molecule has 2 aliphatic heterocycles. The van der Waals surface area contributed by atoms with Gasteiger partial charge in [0.05, 0.1) is 25.3 Å². The molecule has 106 valence electrons. The Labute approximate surface area is 122 Å². The van der Waals surface area contributed by atoms with E-state index < -0.39 is 0 Å². The molecule has 1 atom stereocenters. The summed E-state index contributed by atoms with van der Waals surface area (Å²) in [6.45, 7) is 2.85. The maximum atomic E-state index is 12.5. The Morgan fingerprint density at radius 1 is 1.15 bits per heavy atom. The average molecular weight is 296 g/mol. The molecule has 0 radical (unpaired) electrons. The molecule has 20 heavy (non-hydrogen) atoms. The number of imide groups is 1. The molecule has 0 aliphatic carbocycles. The Hall–Kier alpha value is -1.43. The standard InChI is InChI=1S/C14H15ClN2O3/c15-10-1-3-11(4-2-10)17-13(18)9-12(14(17)19)16-5-7-20-8-6-16/h1-4,12H,5-9H2/p+1/t12-/m1/s1. The van der Waals surface area contributed by atoms with Crippen LogP contribution in [0.5, 0.6) is 0 Å². The highest BCUT2D eigenvalue weighted by Crippen LogP contribution is 2.23. The zero-order valence-electron chi connectivity index (χ0n) is 11.0. The van der Waals surface area contributed by atoms with Gasteiger partial charge in [0.1, 0.15) is 13.1 Å². The van der Waals surface area contributed by atoms with Gasteiger partial charge in [-0.15, -0.1) is 0 Å². The Morgan fingerprint density at radius 3 is 2.45 bits per heavy atom. The lowest BCUT2D eigenvalue weighted by molar-refractivity contribution is -0.922. The van der Waals surface area contributed by atoms with E-state index in [0.29, 0.717) is 23.9 Å². The number of amides is 2. The molecular weight excluding hydrogens is 280 g/mol. The number of halogens is 1. The van der Waals surface area contributed by atoms with Gasteiger partial charge in [0, 0.05) is 5.02 Å². The first kappa shape index (κ1) is 13.5. The summed E-state index contributed by atoms with van der Waals surface area (Å²) in [4.78, 5) is 27.1. The van der Waals surface area contributed by atoms with Crippen LogP contribution < -0.4 is 9.80 Å². The number of nitrogens with zero attached hydrogens (tertiary/aromatic N) is 1. The quantitative estimate of drug-likeness (QED) is 0.775. The van der Waals surface area contributed by atoms with Gasteiger partial charge < -0.3 is 9.64 Å². The van der Waals surface area contributed by atoms with E-state index in [9.17, 15) is 9.59 Å². The monoisotopic (exact) mass is 295 g/mol. The van der Waals surface area contributed by atoms with Crippen molar-refractivity contribution in [3.63, 3.8) is 0 Å². The van der Waals surface area contributed by atoms with E-state index in [1.165, 1.54) is 4.90 Å². The number of nitrogens with one attached hydrogen (secondary N) is 1. The Bertz CT molecular complexity index is 526. The number of carbonyl (C=O) groups is 2. The number of benzene rings is 1. The van der Waals surface area contributed by atoms with Gasteiger partial charge in [-0.25, -0.2) is 4.90 Å². The number of ether oxygens (including phenoxy) is 1. The van der Waals surface area contributed by atoms with Gasteiger partial charge in [-0.3, -0.25) is 9.59 Å². The molecule has 5 nitrogen and oxygen atoms in total. The topological polar surface area (TPSA) is 51.1 Å². The summed E-state index contributed by atoms with van der Waals surface area (Å²) in [5, 5.41) is 0.586. The zero-order chi connectivity index (χ0) is 14.1. The van der Waals surface area contributed by atoms with Crippen molar-refractivity contribution in [2.75, 3.05) is 31.2 Å². The van der Waals surface area contributed by atoms with Crippen LogP contribution in [0.1, 0.15) is 6.42 Å². The maximum Gasteiger partial charge on any atom is 0.292 e. The molecule has 1 aromatic carbocycles. The highest BCUT2D eigenvalue weighted by Gasteiger charge is 2.45. The molecule has 0 aromatic heterocycles. The predicted octanol–water partition coefficient (Wildman–Crippen LogP) is -0.113. The second-order valence-corrected chi connectivity index (χ2v) is 5.51. The summed E-state index contributed by atoms with van der Waals surface area (Å²) in [7, 11) is 0. The van der Waals surface area contributed by atoms with E-state index in [2.05, 4.69) is 0 Å². The number of hydrogen-bond acceptors (Lipinski definition) is 3. The summed E-state index contributed by atoms with van der Waals surface area (Å²) < 4.78 is 5.30. The molecular formula is C14H16ClN2O3+. The van der Waals surface area contributed by atoms with E-state index >= 15 is 0 Å². The fourth-order valence-electron chi connectivity index (χ4n) is 2.79. The van der Waals surface area contributed by atoms with Crippen LogP contribution in [0.15, 0.2) is 24.3 Å². The first-order valence-electron chi connectivity index (χ1n) is 6.71. The SMILES string of the molecule is O=C1C[C@@H]([NH+]2CCOCC2)C(=O)N1c1ccc(Cl)cc1. The third-order valence-corrected chi connectivity index (χ3v) is 4.11. The molecule has 6 heteroatoms. The van der Waals surface area contributed by atoms with Crippen molar-refractivity contribution < 1.29 is 19.2 Å². The number of quaternary nitrogens is 1. The summed E-state index contributed by atoms with van der Waals surface area (Å²) in [6.07, 6.45) is 0.275. The molecule has 1 aromatic rings. The van der Waals surface area contributed by atoms with Crippen molar-refractivity contribution in [1.82, 2.24) is 0 Å². The molecule has 2 heterocycles. The Kier molecular flexibility index (Phi) is 3.74. The minimum absolute atomic E-state index is 0.116. The van der Waals surface area contributed by atoms with Crippen molar-refractivity contribution in [2.24, 2.45) is 0 Å². The molecule has 0 spiro atoms. The average Bonchev–Trinajstić information content (AvgIpc) is 2.76. The molecule has 2 fully saturated rings. The molecule has 3 rings (SSSR count). The minimum Gasteiger partial charge on any atom is -0.370 e. The number of hydrogen-bond donors (Lipinski definition) is 1. The summed E-state index contributed by atoms with van der Waals surface area (Å²) >= 11 is 5.84. The first-order valence-corrected chi connectivity index (χ1v) is 7.09. The molecule has 0 unspecified atom stereocenters. The van der Waals surface area contributed by atoms with Crippen LogP contribution in [-0.2, 0) is 14.3 Å². The van der Waals surface area contributed by atoms with Gasteiger partial charge in [0.25, 0.3) is 5.91 Å². The minimum atomic E-state index is -0.276. The number of carbonyl (C=O) groups excluding carboxylic acids is 2. The largest absolute Gasteiger partial charge is 0.370 e. The zero-order valence-corrected chi connectivity index (χ0v) is 11.7. The fraction of sp³-hybridized carbons (Fsp3) is 0.429.